The van der Waals surface area contributed by atoms with Crippen molar-refractivity contribution in [1.82, 2.24) is 0 Å². The number of hydrogen-bond donors (Lipinski definition) is 0. The van der Waals surface area contributed by atoms with Gasteiger partial charge in [-0.3, -0.25) is 0 Å². The lowest BCUT2D eigenvalue weighted by Gasteiger charge is -1.87. The van der Waals surface area contributed by atoms with E-state index in [-0.39, 0.29) is 0 Å². The van der Waals surface area contributed by atoms with Gasteiger partial charge in [0.25, 0.3) is 0 Å². The van der Waals surface area contributed by atoms with Crippen LogP contribution in [0.25, 0.3) is 0 Å². The zero-order valence-electron chi connectivity index (χ0n) is 20.6. The Morgan fingerprint density at radius 3 is 0.697 bits per heavy atom. The first-order valence-electron chi connectivity index (χ1n) is 12.1. The molecule has 0 saturated carbocycles. The zero-order chi connectivity index (χ0) is 23.9. The molecule has 0 rings (SSSR count). The van der Waals surface area contributed by atoms with E-state index < -0.39 is 0 Å². The molecule has 0 aromatic carbocycles. The van der Waals surface area contributed by atoms with Crippen molar-refractivity contribution in [2.75, 3.05) is 0 Å². The summed E-state index contributed by atoms with van der Waals surface area (Å²) in [7, 11) is 0. The minimum absolute atomic E-state index is 0.552. The third-order valence-electron chi connectivity index (χ3n) is 4.05. The Bertz CT molecular complexity index is 921. The van der Waals surface area contributed by atoms with Crippen LogP contribution in [0.1, 0.15) is 110 Å². The highest BCUT2D eigenvalue weighted by Crippen LogP contribution is 1.97. The van der Waals surface area contributed by atoms with Crippen LogP contribution in [0.3, 0.4) is 0 Å². The second-order valence-corrected chi connectivity index (χ2v) is 6.98. The highest BCUT2D eigenvalue weighted by atomic mass is 13.9. The van der Waals surface area contributed by atoms with Crippen LogP contribution < -0.4 is 0 Å². The summed E-state index contributed by atoms with van der Waals surface area (Å²) in [5.74, 6) is 48.7. The molecule has 0 spiro atoms. The maximum atomic E-state index is 3.15. The Balaban J connectivity index is 3.76. The molecule has 168 valence electrons. The van der Waals surface area contributed by atoms with E-state index >= 15 is 0 Å². The summed E-state index contributed by atoms with van der Waals surface area (Å²) >= 11 is 0. The van der Waals surface area contributed by atoms with E-state index in [0.717, 1.165) is 12.8 Å². The van der Waals surface area contributed by atoms with Gasteiger partial charge in [0.05, 0.1) is 44.9 Å². The summed E-state index contributed by atoms with van der Waals surface area (Å²) in [6.45, 7) is 4.40. The third kappa shape index (κ3) is 28.5. The van der Waals surface area contributed by atoms with E-state index in [1.54, 1.807) is 0 Å². The molecular formula is C33H36. The molecule has 0 fully saturated rings. The van der Waals surface area contributed by atoms with E-state index in [1.165, 1.54) is 38.5 Å². The molecule has 0 aliphatic carbocycles. The molecule has 0 saturated heterocycles. The van der Waals surface area contributed by atoms with Crippen LogP contribution in [0.2, 0.25) is 0 Å². The fraction of sp³-hybridized carbons (Fsp3) is 0.515. The predicted molar refractivity (Wildman–Crippen MR) is 143 cm³/mol. The smallest absolute Gasteiger partial charge is 0.0703 e. The predicted octanol–water partition coefficient (Wildman–Crippen LogP) is 6.90. The number of hydrogen-bond acceptors (Lipinski definition) is 0. The summed E-state index contributed by atoms with van der Waals surface area (Å²) in [5.41, 5.74) is 0. The first-order chi connectivity index (χ1) is 16.4. The summed E-state index contributed by atoms with van der Waals surface area (Å²) in [4.78, 5) is 0. The van der Waals surface area contributed by atoms with Gasteiger partial charge in [0.2, 0.25) is 0 Å². The highest BCUT2D eigenvalue weighted by Gasteiger charge is 1.80. The third-order valence-corrected chi connectivity index (χ3v) is 4.05. The van der Waals surface area contributed by atoms with Crippen molar-refractivity contribution in [3.05, 3.63) is 0 Å². The van der Waals surface area contributed by atoms with Crippen molar-refractivity contribution in [3.63, 3.8) is 0 Å². The van der Waals surface area contributed by atoms with Crippen molar-refractivity contribution in [3.8, 4) is 94.7 Å². The molecule has 0 heteroatoms. The van der Waals surface area contributed by atoms with Crippen LogP contribution in [0.4, 0.5) is 0 Å². The van der Waals surface area contributed by atoms with Crippen molar-refractivity contribution in [1.29, 1.82) is 0 Å². The molecule has 0 aromatic rings. The first kappa shape index (κ1) is 29.5. The Morgan fingerprint density at radius 2 is 0.485 bits per heavy atom. The average Bonchev–Trinajstić information content (AvgIpc) is 2.83. The molecule has 0 atom stereocenters. The minimum atomic E-state index is 0.552. The van der Waals surface area contributed by atoms with Crippen molar-refractivity contribution in [2.24, 2.45) is 0 Å². The molecule has 33 heavy (non-hydrogen) atoms. The van der Waals surface area contributed by atoms with Crippen LogP contribution in [-0.2, 0) is 0 Å². The highest BCUT2D eigenvalue weighted by molar-refractivity contribution is 5.21. The molecule has 0 unspecified atom stereocenters. The summed E-state index contributed by atoms with van der Waals surface area (Å²) in [6, 6.07) is 0. The van der Waals surface area contributed by atoms with Gasteiger partial charge in [0, 0.05) is 12.8 Å². The summed E-state index contributed by atoms with van der Waals surface area (Å²) in [6.07, 6.45) is 13.4. The van der Waals surface area contributed by atoms with Crippen molar-refractivity contribution in [2.45, 2.75) is 110 Å². The van der Waals surface area contributed by atoms with Crippen LogP contribution in [0.15, 0.2) is 0 Å². The standard InChI is InChI=1S/C33H36/c1-3-5-7-9-11-13-15-17-19-21-23-25-27-29-31-33-32-30-28-26-24-22-20-18-16-14-12-10-8-6-4-2/h3-10,15-16,21-22,27-28,33H2,1-2H3. The van der Waals surface area contributed by atoms with E-state index in [0.29, 0.717) is 44.9 Å². The van der Waals surface area contributed by atoms with Gasteiger partial charge in [0.1, 0.15) is 0 Å². The monoisotopic (exact) mass is 432 g/mol. The molecule has 0 N–H and O–H groups in total. The second kappa shape index (κ2) is 28.5. The lowest BCUT2D eigenvalue weighted by atomic mass is 10.2. The molecular weight excluding hydrogens is 396 g/mol. The number of rotatable bonds is 6. The van der Waals surface area contributed by atoms with Crippen LogP contribution >= 0.6 is 0 Å². The van der Waals surface area contributed by atoms with Gasteiger partial charge in [-0.2, -0.15) is 0 Å². The lowest BCUT2D eigenvalue weighted by Crippen LogP contribution is -1.71. The van der Waals surface area contributed by atoms with E-state index in [9.17, 15) is 0 Å². The van der Waals surface area contributed by atoms with Crippen molar-refractivity contribution >= 4 is 0 Å². The van der Waals surface area contributed by atoms with Gasteiger partial charge in [-0.1, -0.05) is 122 Å². The maximum Gasteiger partial charge on any atom is 0.0703 e. The molecule has 0 aliphatic heterocycles. The second-order valence-electron chi connectivity index (χ2n) is 6.98. The molecule has 0 amide bonds. The molecule has 0 aromatic heterocycles. The molecule has 0 radical (unpaired) electrons. The van der Waals surface area contributed by atoms with Gasteiger partial charge < -0.3 is 0 Å². The fourth-order valence-electron chi connectivity index (χ4n) is 2.29. The molecule has 0 aliphatic rings. The van der Waals surface area contributed by atoms with E-state index in [2.05, 4.69) is 109 Å². The summed E-state index contributed by atoms with van der Waals surface area (Å²) in [5, 5.41) is 0. The number of unbranched alkanes of at least 4 members (excludes halogenated alkanes) is 6. The molecule has 0 heterocycles. The van der Waals surface area contributed by atoms with Gasteiger partial charge in [0.15, 0.2) is 0 Å². The quantitative estimate of drug-likeness (QED) is 0.316. The van der Waals surface area contributed by atoms with Crippen molar-refractivity contribution < 1.29 is 0 Å². The molecule has 0 nitrogen and oxygen atoms in total. The minimum Gasteiger partial charge on any atom is -0.102 e. The van der Waals surface area contributed by atoms with Crippen LogP contribution in [0, 0.1) is 94.7 Å². The van der Waals surface area contributed by atoms with Crippen LogP contribution in [0.5, 0.6) is 0 Å². The Kier molecular flexibility index (Phi) is 25.4. The van der Waals surface area contributed by atoms with Crippen LogP contribution in [-0.4, -0.2) is 0 Å². The van der Waals surface area contributed by atoms with E-state index in [1.807, 2.05) is 0 Å². The normalized spacial score (nSPS) is 7.58. The van der Waals surface area contributed by atoms with E-state index in [4.69, 9.17) is 0 Å². The lowest BCUT2D eigenvalue weighted by molar-refractivity contribution is 0.737. The summed E-state index contributed by atoms with van der Waals surface area (Å²) < 4.78 is 0. The Labute approximate surface area is 204 Å². The average molecular weight is 433 g/mol. The maximum absolute atomic E-state index is 3.15. The largest absolute Gasteiger partial charge is 0.102 e. The first-order valence-corrected chi connectivity index (χ1v) is 12.1. The fourth-order valence-corrected chi connectivity index (χ4v) is 2.29. The molecule has 0 bridgehead atoms. The van der Waals surface area contributed by atoms with Gasteiger partial charge in [-0.25, -0.2) is 0 Å². The van der Waals surface area contributed by atoms with Gasteiger partial charge in [-0.15, -0.1) is 11.8 Å². The Morgan fingerprint density at radius 1 is 0.273 bits per heavy atom. The van der Waals surface area contributed by atoms with Gasteiger partial charge in [-0.05, 0) is 12.8 Å². The topological polar surface area (TPSA) is 0 Å². The zero-order valence-corrected chi connectivity index (χ0v) is 20.6. The SMILES string of the molecule is CCCCCC#CCC#CCC#CCC#CCC#CCC#CCC#CCC#CCCCCC. The Hall–Kier alpha value is -3.52. The van der Waals surface area contributed by atoms with Gasteiger partial charge >= 0.3 is 0 Å².